The SMILES string of the molecule is CCNCc1ccc(SC(C)(C)C)c(C(F)(F)F)c1. The Kier molecular flexibility index (Phi) is 5.33. The smallest absolute Gasteiger partial charge is 0.313 e. The lowest BCUT2D eigenvalue weighted by Crippen LogP contribution is -2.15. The zero-order valence-corrected chi connectivity index (χ0v) is 12.5. The van der Waals surface area contributed by atoms with Crippen molar-refractivity contribution in [3.63, 3.8) is 0 Å². The molecule has 1 aromatic carbocycles. The maximum atomic E-state index is 13.1. The lowest BCUT2D eigenvalue weighted by Gasteiger charge is -2.21. The minimum absolute atomic E-state index is 0.247. The Bertz CT molecular complexity index is 422. The van der Waals surface area contributed by atoms with Gasteiger partial charge < -0.3 is 5.32 Å². The Morgan fingerprint density at radius 1 is 1.16 bits per heavy atom. The van der Waals surface area contributed by atoms with Crippen LogP contribution in [-0.2, 0) is 12.7 Å². The number of thioether (sulfide) groups is 1. The first-order valence-corrected chi connectivity index (χ1v) is 7.05. The van der Waals surface area contributed by atoms with E-state index in [1.54, 1.807) is 12.1 Å². The van der Waals surface area contributed by atoms with Crippen LogP contribution in [-0.4, -0.2) is 11.3 Å². The summed E-state index contributed by atoms with van der Waals surface area (Å²) in [5, 5.41) is 3.04. The van der Waals surface area contributed by atoms with Crippen LogP contribution in [0.15, 0.2) is 23.1 Å². The molecule has 1 aromatic rings. The van der Waals surface area contributed by atoms with Gasteiger partial charge in [-0.05, 0) is 24.2 Å². The van der Waals surface area contributed by atoms with E-state index in [0.29, 0.717) is 17.0 Å². The van der Waals surface area contributed by atoms with Crippen LogP contribution in [0.2, 0.25) is 0 Å². The summed E-state index contributed by atoms with van der Waals surface area (Å²) < 4.78 is 39.0. The van der Waals surface area contributed by atoms with Crippen LogP contribution in [0.25, 0.3) is 0 Å². The summed E-state index contributed by atoms with van der Waals surface area (Å²) >= 11 is 1.25. The number of hydrogen-bond donors (Lipinski definition) is 1. The van der Waals surface area contributed by atoms with Crippen molar-refractivity contribution in [2.75, 3.05) is 6.54 Å². The Hall–Kier alpha value is -0.680. The van der Waals surface area contributed by atoms with Gasteiger partial charge in [-0.25, -0.2) is 0 Å². The average molecular weight is 291 g/mol. The van der Waals surface area contributed by atoms with Gasteiger partial charge in [-0.2, -0.15) is 13.2 Å². The minimum Gasteiger partial charge on any atom is -0.313 e. The molecule has 0 amide bonds. The van der Waals surface area contributed by atoms with E-state index in [9.17, 15) is 13.2 Å². The van der Waals surface area contributed by atoms with Crippen LogP contribution in [0.3, 0.4) is 0 Å². The number of nitrogens with one attached hydrogen (secondary N) is 1. The zero-order chi connectivity index (χ0) is 14.7. The molecule has 0 spiro atoms. The summed E-state index contributed by atoms with van der Waals surface area (Å²) in [7, 11) is 0. The first-order valence-electron chi connectivity index (χ1n) is 6.23. The van der Waals surface area contributed by atoms with Crippen LogP contribution in [0.1, 0.15) is 38.8 Å². The molecule has 0 aromatic heterocycles. The Labute approximate surface area is 117 Å². The molecule has 1 rings (SSSR count). The molecule has 0 aliphatic heterocycles. The van der Waals surface area contributed by atoms with Gasteiger partial charge >= 0.3 is 6.18 Å². The van der Waals surface area contributed by atoms with E-state index in [0.717, 1.165) is 6.54 Å². The van der Waals surface area contributed by atoms with Gasteiger partial charge in [0.25, 0.3) is 0 Å². The highest BCUT2D eigenvalue weighted by Crippen LogP contribution is 2.41. The molecule has 0 unspecified atom stereocenters. The maximum absolute atomic E-state index is 13.1. The van der Waals surface area contributed by atoms with Gasteiger partial charge in [-0.1, -0.05) is 33.8 Å². The van der Waals surface area contributed by atoms with E-state index >= 15 is 0 Å². The first kappa shape index (κ1) is 16.4. The normalized spacial score (nSPS) is 12.8. The number of alkyl halides is 3. The predicted octanol–water partition coefficient (Wildman–Crippen LogP) is 4.71. The fraction of sp³-hybridized carbons (Fsp3) is 0.571. The fourth-order valence-corrected chi connectivity index (χ4v) is 2.68. The standard InChI is InChI=1S/C14H20F3NS/c1-5-18-9-10-6-7-12(19-13(2,3)4)11(8-10)14(15,16)17/h6-8,18H,5,9H2,1-4H3. The lowest BCUT2D eigenvalue weighted by molar-refractivity contribution is -0.139. The highest BCUT2D eigenvalue weighted by Gasteiger charge is 2.34. The monoisotopic (exact) mass is 291 g/mol. The van der Waals surface area contributed by atoms with Crippen molar-refractivity contribution in [3.8, 4) is 0 Å². The summed E-state index contributed by atoms with van der Waals surface area (Å²) in [6.45, 7) is 8.84. The molecule has 1 nitrogen and oxygen atoms in total. The number of benzene rings is 1. The van der Waals surface area contributed by atoms with Gasteiger partial charge in [0.2, 0.25) is 0 Å². The van der Waals surface area contributed by atoms with Crippen LogP contribution in [0, 0.1) is 0 Å². The van der Waals surface area contributed by atoms with Crippen molar-refractivity contribution >= 4 is 11.8 Å². The molecule has 0 fully saturated rings. The van der Waals surface area contributed by atoms with E-state index in [4.69, 9.17) is 0 Å². The van der Waals surface area contributed by atoms with E-state index < -0.39 is 11.7 Å². The molecule has 0 saturated heterocycles. The highest BCUT2D eigenvalue weighted by molar-refractivity contribution is 8.00. The van der Waals surface area contributed by atoms with Crippen LogP contribution < -0.4 is 5.32 Å². The average Bonchev–Trinajstić information content (AvgIpc) is 2.24. The summed E-state index contributed by atoms with van der Waals surface area (Å²) in [5.41, 5.74) is 0.121. The van der Waals surface area contributed by atoms with Gasteiger partial charge in [0.15, 0.2) is 0 Å². The molecule has 5 heteroatoms. The van der Waals surface area contributed by atoms with E-state index in [-0.39, 0.29) is 4.75 Å². The third-order valence-corrected chi connectivity index (χ3v) is 3.53. The molecule has 0 saturated carbocycles. The molecular weight excluding hydrogens is 271 g/mol. The third kappa shape index (κ3) is 5.45. The summed E-state index contributed by atoms with van der Waals surface area (Å²) in [5.74, 6) is 0. The molecule has 1 N–H and O–H groups in total. The van der Waals surface area contributed by atoms with Crippen molar-refractivity contribution in [1.82, 2.24) is 5.32 Å². The lowest BCUT2D eigenvalue weighted by atomic mass is 10.1. The quantitative estimate of drug-likeness (QED) is 0.807. The predicted molar refractivity (Wildman–Crippen MR) is 74.4 cm³/mol. The summed E-state index contributed by atoms with van der Waals surface area (Å²) in [6.07, 6.45) is -4.31. The van der Waals surface area contributed by atoms with Crippen molar-refractivity contribution in [2.24, 2.45) is 0 Å². The number of halogens is 3. The Morgan fingerprint density at radius 3 is 2.26 bits per heavy atom. The van der Waals surface area contributed by atoms with Gasteiger partial charge in [0, 0.05) is 16.2 Å². The van der Waals surface area contributed by atoms with Gasteiger partial charge in [0.1, 0.15) is 0 Å². The second-order valence-electron chi connectivity index (χ2n) is 5.32. The first-order chi connectivity index (χ1) is 8.63. The largest absolute Gasteiger partial charge is 0.417 e. The van der Waals surface area contributed by atoms with Crippen molar-refractivity contribution < 1.29 is 13.2 Å². The topological polar surface area (TPSA) is 12.0 Å². The Morgan fingerprint density at radius 2 is 1.79 bits per heavy atom. The fourth-order valence-electron chi connectivity index (χ4n) is 1.60. The Balaban J connectivity index is 3.10. The zero-order valence-electron chi connectivity index (χ0n) is 11.7. The highest BCUT2D eigenvalue weighted by atomic mass is 32.2. The molecule has 19 heavy (non-hydrogen) atoms. The van der Waals surface area contributed by atoms with Gasteiger partial charge in [-0.3, -0.25) is 0 Å². The molecule has 0 aliphatic rings. The van der Waals surface area contributed by atoms with E-state index in [1.165, 1.54) is 17.8 Å². The second kappa shape index (κ2) is 6.18. The molecular formula is C14H20F3NS. The molecule has 0 aliphatic carbocycles. The van der Waals surface area contributed by atoms with Crippen molar-refractivity contribution in [1.29, 1.82) is 0 Å². The molecule has 0 bridgehead atoms. The third-order valence-electron chi connectivity index (χ3n) is 2.34. The minimum atomic E-state index is -4.31. The molecule has 0 atom stereocenters. The van der Waals surface area contributed by atoms with E-state index in [2.05, 4.69) is 5.32 Å². The molecule has 0 heterocycles. The second-order valence-corrected chi connectivity index (χ2v) is 7.19. The number of hydrogen-bond acceptors (Lipinski definition) is 2. The molecule has 108 valence electrons. The van der Waals surface area contributed by atoms with Crippen molar-refractivity contribution in [3.05, 3.63) is 29.3 Å². The maximum Gasteiger partial charge on any atom is 0.417 e. The van der Waals surface area contributed by atoms with Gasteiger partial charge in [-0.15, -0.1) is 11.8 Å². The van der Waals surface area contributed by atoms with E-state index in [1.807, 2.05) is 27.7 Å². The molecule has 0 radical (unpaired) electrons. The number of rotatable bonds is 4. The van der Waals surface area contributed by atoms with Gasteiger partial charge in [0.05, 0.1) is 5.56 Å². The van der Waals surface area contributed by atoms with Crippen molar-refractivity contribution in [2.45, 2.75) is 50.1 Å². The van der Waals surface area contributed by atoms with Crippen LogP contribution in [0.5, 0.6) is 0 Å². The summed E-state index contributed by atoms with van der Waals surface area (Å²) in [6, 6.07) is 4.58. The summed E-state index contributed by atoms with van der Waals surface area (Å²) in [4.78, 5) is 0.292. The van der Waals surface area contributed by atoms with Crippen LogP contribution >= 0.6 is 11.8 Å². The van der Waals surface area contributed by atoms with Crippen LogP contribution in [0.4, 0.5) is 13.2 Å².